The number of rotatable bonds is 9. The molecule has 192 valence electrons. The van der Waals surface area contributed by atoms with Gasteiger partial charge in [-0.05, 0) is 56.0 Å². The van der Waals surface area contributed by atoms with Crippen molar-refractivity contribution in [3.8, 4) is 0 Å². The van der Waals surface area contributed by atoms with E-state index < -0.39 is 17.8 Å². The summed E-state index contributed by atoms with van der Waals surface area (Å²) >= 11 is 0. The lowest BCUT2D eigenvalue weighted by Gasteiger charge is -2.36. The minimum Gasteiger partial charge on any atom is -0.443 e. The van der Waals surface area contributed by atoms with Crippen molar-refractivity contribution < 1.29 is 14.6 Å². The van der Waals surface area contributed by atoms with Gasteiger partial charge >= 0.3 is 6.09 Å². The standard InChI is InChI=1S/C32H36N2O3/c1-32(2,3)37-31(36)34-21-13-20-28(34)30(35)29(22-25-14-7-4-8-15-25)33(23-26-16-9-5-10-17-26)24-27-18-11-6-12-19-27/h4-21,29-30,35H,22-24H2,1-3H3/t29-,30?/m1/s1. The van der Waals surface area contributed by atoms with Crippen LogP contribution in [0.25, 0.3) is 0 Å². The molecule has 5 heteroatoms. The Hall–Kier alpha value is -3.67. The zero-order valence-electron chi connectivity index (χ0n) is 21.8. The molecule has 0 spiro atoms. The van der Waals surface area contributed by atoms with Gasteiger partial charge < -0.3 is 9.84 Å². The van der Waals surface area contributed by atoms with Gasteiger partial charge in [-0.25, -0.2) is 4.79 Å². The number of aromatic nitrogens is 1. The smallest absolute Gasteiger partial charge is 0.418 e. The third-order valence-corrected chi connectivity index (χ3v) is 6.25. The molecule has 1 aromatic heterocycles. The summed E-state index contributed by atoms with van der Waals surface area (Å²) in [6.45, 7) is 6.81. The zero-order valence-corrected chi connectivity index (χ0v) is 21.8. The van der Waals surface area contributed by atoms with Gasteiger partial charge in [-0.2, -0.15) is 0 Å². The number of aliphatic hydroxyl groups excluding tert-OH is 1. The van der Waals surface area contributed by atoms with Gasteiger partial charge in [0.1, 0.15) is 11.7 Å². The normalized spacial score (nSPS) is 13.3. The van der Waals surface area contributed by atoms with E-state index >= 15 is 0 Å². The summed E-state index contributed by atoms with van der Waals surface area (Å²) in [5, 5.41) is 11.9. The predicted molar refractivity (Wildman–Crippen MR) is 147 cm³/mol. The third-order valence-electron chi connectivity index (χ3n) is 6.25. The van der Waals surface area contributed by atoms with Crippen molar-refractivity contribution in [1.82, 2.24) is 9.47 Å². The van der Waals surface area contributed by atoms with E-state index in [1.165, 1.54) is 4.57 Å². The van der Waals surface area contributed by atoms with Crippen molar-refractivity contribution in [2.24, 2.45) is 0 Å². The maximum absolute atomic E-state index is 13.0. The molecule has 4 rings (SSSR count). The first kappa shape index (κ1) is 26.4. The summed E-state index contributed by atoms with van der Waals surface area (Å²) in [5.41, 5.74) is 3.31. The Kier molecular flexibility index (Phi) is 8.59. The Morgan fingerprint density at radius 3 is 1.76 bits per heavy atom. The van der Waals surface area contributed by atoms with Crippen molar-refractivity contribution in [3.05, 3.63) is 132 Å². The monoisotopic (exact) mass is 496 g/mol. The van der Waals surface area contributed by atoms with Crippen LogP contribution in [0.5, 0.6) is 0 Å². The van der Waals surface area contributed by atoms with Gasteiger partial charge in [0.15, 0.2) is 0 Å². The highest BCUT2D eigenvalue weighted by Gasteiger charge is 2.31. The van der Waals surface area contributed by atoms with Crippen LogP contribution in [0.4, 0.5) is 4.79 Å². The number of carbonyl (C=O) groups is 1. The molecule has 3 aromatic carbocycles. The number of hydrogen-bond donors (Lipinski definition) is 1. The van der Waals surface area contributed by atoms with Crippen LogP contribution in [0, 0.1) is 0 Å². The van der Waals surface area contributed by atoms with Crippen molar-refractivity contribution >= 4 is 6.09 Å². The van der Waals surface area contributed by atoms with Crippen LogP contribution in [0.2, 0.25) is 0 Å². The lowest BCUT2D eigenvalue weighted by atomic mass is 9.96. The fourth-order valence-electron chi connectivity index (χ4n) is 4.53. The highest BCUT2D eigenvalue weighted by atomic mass is 16.6. The largest absolute Gasteiger partial charge is 0.443 e. The molecule has 1 N–H and O–H groups in total. The lowest BCUT2D eigenvalue weighted by molar-refractivity contribution is 0.0281. The molecule has 0 aliphatic rings. The Bertz CT molecular complexity index is 1210. The number of hydrogen-bond acceptors (Lipinski definition) is 4. The number of nitrogens with zero attached hydrogens (tertiary/aromatic N) is 2. The molecule has 0 saturated carbocycles. The van der Waals surface area contributed by atoms with Gasteiger partial charge in [-0.1, -0.05) is 91.0 Å². The van der Waals surface area contributed by atoms with Crippen LogP contribution in [0.1, 0.15) is 49.3 Å². The number of aliphatic hydroxyl groups is 1. The van der Waals surface area contributed by atoms with Crippen LogP contribution in [0.3, 0.4) is 0 Å². The maximum Gasteiger partial charge on any atom is 0.418 e. The van der Waals surface area contributed by atoms with Gasteiger partial charge in [0, 0.05) is 25.3 Å². The Balaban J connectivity index is 1.72. The molecule has 5 nitrogen and oxygen atoms in total. The number of carbonyl (C=O) groups excluding carboxylic acids is 1. The van der Waals surface area contributed by atoms with E-state index in [0.717, 1.165) is 16.7 Å². The molecule has 4 aromatic rings. The molecule has 0 aliphatic carbocycles. The van der Waals surface area contributed by atoms with Gasteiger partial charge in [0.25, 0.3) is 0 Å². The summed E-state index contributed by atoms with van der Waals surface area (Å²) < 4.78 is 7.05. The topological polar surface area (TPSA) is 54.7 Å². The van der Waals surface area contributed by atoms with E-state index in [0.29, 0.717) is 25.2 Å². The average molecular weight is 497 g/mol. The highest BCUT2D eigenvalue weighted by molar-refractivity contribution is 5.72. The van der Waals surface area contributed by atoms with E-state index in [1.54, 1.807) is 18.3 Å². The van der Waals surface area contributed by atoms with Gasteiger partial charge in [-0.3, -0.25) is 9.47 Å². The fraction of sp³-hybridized carbons (Fsp3) is 0.281. The third kappa shape index (κ3) is 7.42. The molecule has 0 aliphatic heterocycles. The van der Waals surface area contributed by atoms with Gasteiger partial charge in [0.2, 0.25) is 0 Å². The van der Waals surface area contributed by atoms with E-state index in [1.807, 2.05) is 75.4 Å². The second-order valence-corrected chi connectivity index (χ2v) is 10.4. The molecule has 1 unspecified atom stereocenters. The van der Waals surface area contributed by atoms with Crippen LogP contribution in [-0.4, -0.2) is 32.3 Å². The molecule has 0 fully saturated rings. The first-order valence-electron chi connectivity index (χ1n) is 12.7. The van der Waals surface area contributed by atoms with E-state index in [9.17, 15) is 9.90 Å². The van der Waals surface area contributed by atoms with Crippen molar-refractivity contribution in [2.45, 2.75) is 58.0 Å². The fourth-order valence-corrected chi connectivity index (χ4v) is 4.53. The minimum absolute atomic E-state index is 0.307. The molecular weight excluding hydrogens is 460 g/mol. The van der Waals surface area contributed by atoms with Crippen LogP contribution in [-0.2, 0) is 24.2 Å². The SMILES string of the molecule is CC(C)(C)OC(=O)n1cccc1C(O)[C@@H](Cc1ccccc1)N(Cc1ccccc1)Cc1ccccc1. The van der Waals surface area contributed by atoms with E-state index in [-0.39, 0.29) is 6.04 Å². The zero-order chi connectivity index (χ0) is 26.3. The average Bonchev–Trinajstić information content (AvgIpc) is 3.38. The summed E-state index contributed by atoms with van der Waals surface area (Å²) in [6.07, 6.45) is 0.837. The van der Waals surface area contributed by atoms with Crippen molar-refractivity contribution in [3.63, 3.8) is 0 Å². The van der Waals surface area contributed by atoms with Crippen LogP contribution in [0.15, 0.2) is 109 Å². The van der Waals surface area contributed by atoms with Crippen molar-refractivity contribution in [1.29, 1.82) is 0 Å². The quantitative estimate of drug-likeness (QED) is 0.283. The Morgan fingerprint density at radius 1 is 0.784 bits per heavy atom. The van der Waals surface area contributed by atoms with Crippen LogP contribution < -0.4 is 0 Å². The lowest BCUT2D eigenvalue weighted by Crippen LogP contribution is -2.41. The maximum atomic E-state index is 13.0. The van der Waals surface area contributed by atoms with Crippen LogP contribution >= 0.6 is 0 Å². The number of benzene rings is 3. The van der Waals surface area contributed by atoms with Gasteiger partial charge in [0.05, 0.1) is 5.69 Å². The second-order valence-electron chi connectivity index (χ2n) is 10.4. The summed E-state index contributed by atoms with van der Waals surface area (Å²) in [6, 6.07) is 34.0. The molecule has 0 saturated heterocycles. The highest BCUT2D eigenvalue weighted by Crippen LogP contribution is 2.28. The first-order valence-corrected chi connectivity index (χ1v) is 12.7. The first-order chi connectivity index (χ1) is 17.8. The summed E-state index contributed by atoms with van der Waals surface area (Å²) in [4.78, 5) is 15.3. The summed E-state index contributed by atoms with van der Waals surface area (Å²) in [5.74, 6) is 0. The Labute approximate surface area is 220 Å². The minimum atomic E-state index is -0.935. The predicted octanol–water partition coefficient (Wildman–Crippen LogP) is 6.62. The second kappa shape index (κ2) is 12.0. The molecule has 2 atom stereocenters. The van der Waals surface area contributed by atoms with E-state index in [4.69, 9.17) is 4.74 Å². The molecule has 0 amide bonds. The Morgan fingerprint density at radius 2 is 1.27 bits per heavy atom. The molecule has 37 heavy (non-hydrogen) atoms. The van der Waals surface area contributed by atoms with E-state index in [2.05, 4.69) is 41.3 Å². The molecule has 0 bridgehead atoms. The molecule has 0 radical (unpaired) electrons. The molecular formula is C32H36N2O3. The van der Waals surface area contributed by atoms with Gasteiger partial charge in [-0.15, -0.1) is 0 Å². The molecule has 1 heterocycles. The summed E-state index contributed by atoms with van der Waals surface area (Å²) in [7, 11) is 0. The number of ether oxygens (including phenoxy) is 1. The van der Waals surface area contributed by atoms with Crippen molar-refractivity contribution in [2.75, 3.05) is 0 Å².